The van der Waals surface area contributed by atoms with Crippen LogP contribution in [0, 0.1) is 9.49 Å². The molecule has 3 N–H and O–H groups in total. The minimum atomic E-state index is -0.939. The number of imidazole rings is 1. The number of benzene rings is 1. The molecule has 0 saturated carbocycles. The number of nitrogen functional groups attached to an aromatic ring is 1. The predicted octanol–water partition coefficient (Wildman–Crippen LogP) is 3.55. The molecule has 35 heavy (non-hydrogen) atoms. The Kier molecular flexibility index (Phi) is 7.26. The number of piperidine rings is 1. The molecule has 1 saturated heterocycles. The molecule has 0 spiro atoms. The number of aryl methyl sites for hydroxylation is 1. The molecule has 186 valence electrons. The second-order valence-corrected chi connectivity index (χ2v) is 11.0. The van der Waals surface area contributed by atoms with Crippen molar-refractivity contribution >= 4 is 57.1 Å². The van der Waals surface area contributed by atoms with Gasteiger partial charge in [-0.25, -0.2) is 9.97 Å². The van der Waals surface area contributed by atoms with Gasteiger partial charge in [0.1, 0.15) is 24.8 Å². The number of fused-ring (bicyclic) bond motifs is 2. The number of hydrogen-bond acceptors (Lipinski definition) is 8. The van der Waals surface area contributed by atoms with Crippen molar-refractivity contribution < 1.29 is 19.4 Å². The van der Waals surface area contributed by atoms with Crippen LogP contribution >= 0.6 is 34.4 Å². The van der Waals surface area contributed by atoms with Gasteiger partial charge < -0.3 is 29.8 Å². The molecule has 0 unspecified atom stereocenters. The lowest BCUT2D eigenvalue weighted by Crippen LogP contribution is -2.43. The zero-order valence-corrected chi connectivity index (χ0v) is 22.4. The monoisotopic (exact) mass is 606 g/mol. The minimum Gasteiger partial charge on any atom is -0.486 e. The lowest BCUT2D eigenvalue weighted by atomic mass is 9.93. The highest BCUT2D eigenvalue weighted by Crippen LogP contribution is 2.41. The van der Waals surface area contributed by atoms with Crippen LogP contribution in [0.3, 0.4) is 0 Å². The van der Waals surface area contributed by atoms with Gasteiger partial charge in [0, 0.05) is 34.3 Å². The molecule has 1 atom stereocenters. The van der Waals surface area contributed by atoms with E-state index in [0.29, 0.717) is 43.6 Å². The molecule has 2 aromatic heterocycles. The van der Waals surface area contributed by atoms with E-state index in [0.717, 1.165) is 56.4 Å². The number of aliphatic hydroxyl groups excluding tert-OH is 1. The van der Waals surface area contributed by atoms with Gasteiger partial charge in [-0.1, -0.05) is 11.8 Å². The third-order valence-corrected chi connectivity index (χ3v) is 8.81. The fourth-order valence-corrected chi connectivity index (χ4v) is 6.31. The van der Waals surface area contributed by atoms with E-state index in [1.165, 1.54) is 6.92 Å². The van der Waals surface area contributed by atoms with E-state index in [9.17, 15) is 9.90 Å². The summed E-state index contributed by atoms with van der Waals surface area (Å²) in [6, 6.07) is 5.98. The highest BCUT2D eigenvalue weighted by molar-refractivity contribution is 14.1. The first-order valence-electron chi connectivity index (χ1n) is 11.7. The lowest BCUT2D eigenvalue weighted by Gasteiger charge is -2.33. The summed E-state index contributed by atoms with van der Waals surface area (Å²) in [5, 5.41) is 10.4. The van der Waals surface area contributed by atoms with Crippen LogP contribution in [0.2, 0.25) is 0 Å². The number of halogens is 1. The second kappa shape index (κ2) is 10.4. The Balaban J connectivity index is 1.36. The fourth-order valence-electron chi connectivity index (χ4n) is 4.58. The smallest absolute Gasteiger partial charge is 0.251 e. The van der Waals surface area contributed by atoms with E-state index in [-0.39, 0.29) is 5.91 Å². The first-order chi connectivity index (χ1) is 16.9. The molecule has 5 rings (SSSR count). The fraction of sp³-hybridized carbons (Fsp3) is 0.458. The molecule has 1 aromatic carbocycles. The number of hydrogen-bond donors (Lipinski definition) is 2. The lowest BCUT2D eigenvalue weighted by molar-refractivity contribution is -0.140. The first kappa shape index (κ1) is 24.4. The Morgan fingerprint density at radius 3 is 2.71 bits per heavy atom. The highest BCUT2D eigenvalue weighted by Gasteiger charge is 2.26. The molecular formula is C24H28IN5O4S. The summed E-state index contributed by atoms with van der Waals surface area (Å²) in [5.74, 6) is 2.26. The molecule has 0 radical (unpaired) electrons. The quantitative estimate of drug-likeness (QED) is 0.410. The summed E-state index contributed by atoms with van der Waals surface area (Å²) in [5.41, 5.74) is 7.84. The summed E-state index contributed by atoms with van der Waals surface area (Å²) in [6.07, 6.45) is 3.61. The van der Waals surface area contributed by atoms with E-state index in [1.807, 2.05) is 18.2 Å². The topological polar surface area (TPSA) is 116 Å². The van der Waals surface area contributed by atoms with Crippen LogP contribution in [-0.4, -0.2) is 62.9 Å². The molecule has 0 bridgehead atoms. The van der Waals surface area contributed by atoms with Crippen molar-refractivity contribution in [3.63, 3.8) is 0 Å². The van der Waals surface area contributed by atoms with Gasteiger partial charge >= 0.3 is 0 Å². The van der Waals surface area contributed by atoms with E-state index in [2.05, 4.69) is 32.1 Å². The number of aliphatic hydroxyl groups is 1. The molecule has 1 fully saturated rings. The molecule has 4 heterocycles. The molecule has 3 aromatic rings. The number of amides is 1. The standard InChI is InChI=1S/C24H28IN5O4S/c1-14(31)23(32)29-7-3-15(4-8-29)5-9-30-17-2-6-27-22(26)21(17)28-24(30)35-20-13-19-18(12-16(20)25)33-10-11-34-19/h2,6,12-15,31H,3-5,7-11H2,1H3,(H2,26,27)/t14-/m0/s1/i25-3. The molecular weight excluding hydrogens is 578 g/mol. The van der Waals surface area contributed by atoms with Gasteiger partial charge in [-0.3, -0.25) is 4.79 Å². The van der Waals surface area contributed by atoms with E-state index in [4.69, 9.17) is 20.2 Å². The number of nitrogens with zero attached hydrogens (tertiary/aromatic N) is 4. The van der Waals surface area contributed by atoms with Gasteiger partial charge in [0.25, 0.3) is 5.91 Å². The largest absolute Gasteiger partial charge is 0.486 e. The minimum absolute atomic E-state index is 0.181. The maximum Gasteiger partial charge on any atom is 0.251 e. The summed E-state index contributed by atoms with van der Waals surface area (Å²) in [7, 11) is 0. The third kappa shape index (κ3) is 5.17. The zero-order valence-electron chi connectivity index (χ0n) is 19.4. The SMILES string of the molecule is C[C@H](O)C(=O)N1CCC(CCn2c(Sc3cc4c(cc3[124I])OCCO4)nc3c(N)nccc32)CC1. The maximum atomic E-state index is 12.1. The maximum absolute atomic E-state index is 12.1. The van der Waals surface area contributed by atoms with Crippen LogP contribution in [0.4, 0.5) is 5.82 Å². The van der Waals surface area contributed by atoms with Crippen molar-refractivity contribution in [2.24, 2.45) is 5.92 Å². The number of carbonyl (C=O) groups is 1. The van der Waals surface area contributed by atoms with Crippen molar-refractivity contribution in [1.82, 2.24) is 19.4 Å². The number of rotatable bonds is 6. The molecule has 2 aliphatic rings. The van der Waals surface area contributed by atoms with E-state index >= 15 is 0 Å². The van der Waals surface area contributed by atoms with Crippen molar-refractivity contribution in [2.45, 2.75) is 48.9 Å². The molecule has 9 nitrogen and oxygen atoms in total. The van der Waals surface area contributed by atoms with Gasteiger partial charge in [-0.05, 0) is 72.9 Å². The number of ether oxygens (including phenoxy) is 2. The normalized spacial score (nSPS) is 17.1. The van der Waals surface area contributed by atoms with Gasteiger partial charge in [0.15, 0.2) is 22.5 Å². The van der Waals surface area contributed by atoms with Crippen LogP contribution < -0.4 is 15.2 Å². The zero-order chi connectivity index (χ0) is 24.5. The number of pyridine rings is 1. The van der Waals surface area contributed by atoms with Crippen LogP contribution in [0.5, 0.6) is 11.5 Å². The van der Waals surface area contributed by atoms with Gasteiger partial charge in [-0.2, -0.15) is 0 Å². The van der Waals surface area contributed by atoms with Crippen molar-refractivity contribution in [3.8, 4) is 11.5 Å². The number of likely N-dealkylation sites (tertiary alicyclic amines) is 1. The van der Waals surface area contributed by atoms with Gasteiger partial charge in [0.05, 0.1) is 5.52 Å². The summed E-state index contributed by atoms with van der Waals surface area (Å²) < 4.78 is 14.8. The van der Waals surface area contributed by atoms with Crippen molar-refractivity contribution in [1.29, 1.82) is 0 Å². The van der Waals surface area contributed by atoms with Crippen LogP contribution in [0.15, 0.2) is 34.4 Å². The van der Waals surface area contributed by atoms with Crippen LogP contribution in [-0.2, 0) is 11.3 Å². The number of anilines is 1. The molecule has 11 heteroatoms. The van der Waals surface area contributed by atoms with Gasteiger partial charge in [0.2, 0.25) is 0 Å². The van der Waals surface area contributed by atoms with E-state index < -0.39 is 6.10 Å². The Morgan fingerprint density at radius 1 is 1.29 bits per heavy atom. The summed E-state index contributed by atoms with van der Waals surface area (Å²) >= 11 is 3.90. The van der Waals surface area contributed by atoms with E-state index in [1.54, 1.807) is 22.9 Å². The Bertz CT molecular complexity index is 1240. The number of aromatic nitrogens is 3. The molecule has 2 aliphatic heterocycles. The van der Waals surface area contributed by atoms with Crippen molar-refractivity contribution in [2.75, 3.05) is 32.0 Å². The van der Waals surface area contributed by atoms with Crippen LogP contribution in [0.25, 0.3) is 11.0 Å². The number of nitrogens with two attached hydrogens (primary N) is 1. The third-order valence-electron chi connectivity index (χ3n) is 6.50. The Morgan fingerprint density at radius 2 is 2.00 bits per heavy atom. The first-order valence-corrected chi connectivity index (χ1v) is 13.6. The highest BCUT2D eigenvalue weighted by atomic mass is 124. The average molecular weight is 606 g/mol. The molecule has 0 aliphatic carbocycles. The van der Waals surface area contributed by atoms with Gasteiger partial charge in [-0.15, -0.1) is 0 Å². The summed E-state index contributed by atoms with van der Waals surface area (Å²) in [6.45, 7) is 4.79. The molecule has 1 amide bonds. The second-order valence-electron chi connectivity index (χ2n) is 8.87. The average Bonchev–Trinajstić information content (AvgIpc) is 3.21. The predicted molar refractivity (Wildman–Crippen MR) is 142 cm³/mol. The summed E-state index contributed by atoms with van der Waals surface area (Å²) in [4.78, 5) is 24.0. The Hall–Kier alpha value is -2.25. The Labute approximate surface area is 221 Å². The van der Waals surface area contributed by atoms with Crippen molar-refractivity contribution in [3.05, 3.63) is 28.0 Å². The van der Waals surface area contributed by atoms with Crippen LogP contribution in [0.1, 0.15) is 26.2 Å². The number of carbonyl (C=O) groups excluding carboxylic acids is 1.